The maximum absolute atomic E-state index is 12.7. The molecule has 0 aliphatic heterocycles. The van der Waals surface area contributed by atoms with E-state index in [1.165, 1.54) is 6.42 Å². The molecule has 1 aliphatic rings. The van der Waals surface area contributed by atoms with Crippen LogP contribution in [0.15, 0.2) is 0 Å². The fraction of sp³-hybridized carbons (Fsp3) is 1.00. The molecule has 2 nitrogen and oxygen atoms in total. The van der Waals surface area contributed by atoms with Gasteiger partial charge in [0.05, 0.1) is 0 Å². The lowest BCUT2D eigenvalue weighted by Crippen LogP contribution is -2.30. The van der Waals surface area contributed by atoms with Crippen molar-refractivity contribution in [1.29, 1.82) is 0 Å². The van der Waals surface area contributed by atoms with Crippen molar-refractivity contribution < 1.29 is 9.46 Å². The number of hydrogen-bond acceptors (Lipinski definition) is 1. The van der Waals surface area contributed by atoms with E-state index in [-0.39, 0.29) is 10.6 Å². The van der Waals surface area contributed by atoms with Crippen LogP contribution in [0.3, 0.4) is 0 Å². The minimum atomic E-state index is -3.02. The topological polar surface area (TPSA) is 37.3 Å². The molecule has 0 heterocycles. The van der Waals surface area contributed by atoms with E-state index in [9.17, 15) is 9.46 Å². The van der Waals surface area contributed by atoms with Gasteiger partial charge in [0.15, 0.2) is 0 Å². The van der Waals surface area contributed by atoms with Crippen molar-refractivity contribution in [2.24, 2.45) is 11.3 Å². The van der Waals surface area contributed by atoms with Gasteiger partial charge in [0.1, 0.15) is 0 Å². The number of rotatable bonds is 4. The second-order valence-electron chi connectivity index (χ2n) is 7.81. The molecule has 108 valence electrons. The van der Waals surface area contributed by atoms with E-state index in [1.54, 1.807) is 0 Å². The molecule has 2 unspecified atom stereocenters. The predicted octanol–water partition coefficient (Wildman–Crippen LogP) is 5.05. The van der Waals surface area contributed by atoms with Gasteiger partial charge in [-0.15, -0.1) is 0 Å². The Kier molecular flexibility index (Phi) is 5.12. The van der Waals surface area contributed by atoms with Crippen LogP contribution in [0.5, 0.6) is 0 Å². The molecule has 0 aromatic rings. The van der Waals surface area contributed by atoms with E-state index in [2.05, 4.69) is 27.7 Å². The Morgan fingerprint density at radius 2 is 1.72 bits per heavy atom. The first-order valence-electron chi connectivity index (χ1n) is 7.38. The molecule has 0 aromatic heterocycles. The Labute approximate surface area is 113 Å². The van der Waals surface area contributed by atoms with Gasteiger partial charge in [-0.3, -0.25) is 4.57 Å². The maximum Gasteiger partial charge on any atom is 0.206 e. The van der Waals surface area contributed by atoms with E-state index in [0.29, 0.717) is 12.1 Å². The molecule has 1 rings (SSSR count). The molecule has 0 radical (unpaired) electrons. The molecule has 0 spiro atoms. The van der Waals surface area contributed by atoms with Crippen LogP contribution >= 0.6 is 7.37 Å². The van der Waals surface area contributed by atoms with Crippen LogP contribution in [-0.2, 0) is 4.57 Å². The lowest BCUT2D eigenvalue weighted by molar-refractivity contribution is 0.307. The van der Waals surface area contributed by atoms with Gasteiger partial charge in [-0.2, -0.15) is 0 Å². The summed E-state index contributed by atoms with van der Waals surface area (Å²) in [5, 5.41) is -0.308. The lowest BCUT2D eigenvalue weighted by Gasteiger charge is -2.39. The molecule has 0 saturated heterocycles. The average Bonchev–Trinajstić information content (AvgIpc) is 2.14. The molecule has 0 amide bonds. The largest absolute Gasteiger partial charge is 0.344 e. The van der Waals surface area contributed by atoms with Gasteiger partial charge in [-0.1, -0.05) is 53.9 Å². The zero-order valence-electron chi connectivity index (χ0n) is 12.8. The Hall–Kier alpha value is 0.190. The third kappa shape index (κ3) is 4.38. The van der Waals surface area contributed by atoms with Crippen LogP contribution in [0.4, 0.5) is 0 Å². The van der Waals surface area contributed by atoms with Gasteiger partial charge in [-0.05, 0) is 30.6 Å². The van der Waals surface area contributed by atoms with Crippen molar-refractivity contribution in [1.82, 2.24) is 0 Å². The van der Waals surface area contributed by atoms with Gasteiger partial charge in [0, 0.05) is 11.3 Å². The summed E-state index contributed by atoms with van der Waals surface area (Å²) in [7, 11) is -3.02. The quantitative estimate of drug-likeness (QED) is 0.728. The summed E-state index contributed by atoms with van der Waals surface area (Å²) in [6.45, 7) is 10.8. The molecule has 1 N–H and O–H groups in total. The highest BCUT2D eigenvalue weighted by atomic mass is 31.2. The summed E-state index contributed by atoms with van der Waals surface area (Å²) in [4.78, 5) is 10.5. The third-order valence-electron chi connectivity index (χ3n) is 4.29. The SMILES string of the molecule is CC(CC(C)(C)C)CP(=O)(O)C1(C)CCCCC1. The predicted molar refractivity (Wildman–Crippen MR) is 79.4 cm³/mol. The van der Waals surface area contributed by atoms with Crippen LogP contribution in [-0.4, -0.2) is 16.2 Å². The van der Waals surface area contributed by atoms with Crippen molar-refractivity contribution in [3.05, 3.63) is 0 Å². The molecular formula is C15H31O2P. The van der Waals surface area contributed by atoms with E-state index in [4.69, 9.17) is 0 Å². The first-order chi connectivity index (χ1) is 8.06. The molecule has 1 aliphatic carbocycles. The molecule has 1 fully saturated rings. The van der Waals surface area contributed by atoms with Crippen LogP contribution in [0.1, 0.15) is 73.1 Å². The molecule has 3 heteroatoms. The Balaban J connectivity index is 2.66. The zero-order chi connectivity index (χ0) is 14.0. The second-order valence-corrected chi connectivity index (χ2v) is 10.7. The first kappa shape index (κ1) is 16.2. The van der Waals surface area contributed by atoms with E-state index in [1.807, 2.05) is 6.92 Å². The summed E-state index contributed by atoms with van der Waals surface area (Å²) in [6.07, 6.45) is 6.86. The van der Waals surface area contributed by atoms with Crippen molar-refractivity contribution >= 4 is 7.37 Å². The fourth-order valence-corrected chi connectivity index (χ4v) is 5.85. The summed E-state index contributed by atoms with van der Waals surface area (Å²) in [5.74, 6) is 0.333. The molecule has 1 saturated carbocycles. The van der Waals surface area contributed by atoms with Gasteiger partial charge < -0.3 is 4.89 Å². The monoisotopic (exact) mass is 274 g/mol. The van der Waals surface area contributed by atoms with Crippen LogP contribution in [0, 0.1) is 11.3 Å². The van der Waals surface area contributed by atoms with Gasteiger partial charge in [-0.25, -0.2) is 0 Å². The normalized spacial score (nSPS) is 25.4. The highest BCUT2D eigenvalue weighted by Gasteiger charge is 2.44. The van der Waals surface area contributed by atoms with E-state index >= 15 is 0 Å². The highest BCUT2D eigenvalue weighted by Crippen LogP contribution is 2.61. The van der Waals surface area contributed by atoms with Crippen LogP contribution in [0.2, 0.25) is 0 Å². The molecule has 0 aromatic carbocycles. The van der Waals surface area contributed by atoms with Gasteiger partial charge in [0.25, 0.3) is 0 Å². The molecular weight excluding hydrogens is 243 g/mol. The van der Waals surface area contributed by atoms with E-state index < -0.39 is 7.37 Å². The lowest BCUT2D eigenvalue weighted by atomic mass is 9.86. The first-order valence-corrected chi connectivity index (χ1v) is 9.22. The fourth-order valence-electron chi connectivity index (χ4n) is 3.42. The average molecular weight is 274 g/mol. The molecule has 18 heavy (non-hydrogen) atoms. The van der Waals surface area contributed by atoms with Gasteiger partial charge >= 0.3 is 0 Å². The standard InChI is InChI=1S/C15H31O2P/c1-13(11-14(2,3)4)12-18(16,17)15(5)9-7-6-8-10-15/h13H,6-12H2,1-5H3,(H,16,17). The molecule has 0 bridgehead atoms. The van der Waals surface area contributed by atoms with Crippen LogP contribution in [0.25, 0.3) is 0 Å². The van der Waals surface area contributed by atoms with Gasteiger partial charge in [0.2, 0.25) is 7.37 Å². The Morgan fingerprint density at radius 1 is 1.22 bits per heavy atom. The van der Waals surface area contributed by atoms with Crippen LogP contribution < -0.4 is 0 Å². The van der Waals surface area contributed by atoms with Crippen molar-refractivity contribution in [3.8, 4) is 0 Å². The smallest absolute Gasteiger partial charge is 0.206 e. The van der Waals surface area contributed by atoms with E-state index in [0.717, 1.165) is 32.1 Å². The van der Waals surface area contributed by atoms with Crippen molar-refractivity contribution in [2.75, 3.05) is 6.16 Å². The highest BCUT2D eigenvalue weighted by molar-refractivity contribution is 7.59. The second kappa shape index (κ2) is 5.67. The number of hydrogen-bond donors (Lipinski definition) is 1. The van der Waals surface area contributed by atoms with Crippen molar-refractivity contribution in [3.63, 3.8) is 0 Å². The zero-order valence-corrected chi connectivity index (χ0v) is 13.7. The summed E-state index contributed by atoms with van der Waals surface area (Å²) >= 11 is 0. The third-order valence-corrected chi connectivity index (χ3v) is 7.55. The minimum Gasteiger partial charge on any atom is -0.344 e. The van der Waals surface area contributed by atoms with Crippen molar-refractivity contribution in [2.45, 2.75) is 78.3 Å². The summed E-state index contributed by atoms with van der Waals surface area (Å²) in [5.41, 5.74) is 0.243. The minimum absolute atomic E-state index is 0.243. The Morgan fingerprint density at radius 3 is 2.17 bits per heavy atom. The molecule has 2 atom stereocenters. The summed E-state index contributed by atoms with van der Waals surface area (Å²) < 4.78 is 12.7. The Bertz CT molecular complexity index is 311. The maximum atomic E-state index is 12.7. The summed E-state index contributed by atoms with van der Waals surface area (Å²) in [6, 6.07) is 0.